The Morgan fingerprint density at radius 1 is 1.39 bits per heavy atom. The van der Waals surface area contributed by atoms with Gasteiger partial charge in [-0.2, -0.15) is 0 Å². The van der Waals surface area contributed by atoms with Gasteiger partial charge in [-0.3, -0.25) is 4.79 Å². The van der Waals surface area contributed by atoms with Crippen LogP contribution in [0.1, 0.15) is 25.6 Å². The average Bonchev–Trinajstić information content (AvgIpc) is 2.88. The van der Waals surface area contributed by atoms with Gasteiger partial charge in [0.05, 0.1) is 17.6 Å². The van der Waals surface area contributed by atoms with E-state index in [1.165, 1.54) is 0 Å². The Labute approximate surface area is 132 Å². The van der Waals surface area contributed by atoms with E-state index in [0.717, 1.165) is 16.7 Å². The van der Waals surface area contributed by atoms with Gasteiger partial charge in [-0.15, -0.1) is 0 Å². The van der Waals surface area contributed by atoms with Gasteiger partial charge in [-0.1, -0.05) is 0 Å². The van der Waals surface area contributed by atoms with E-state index in [0.29, 0.717) is 25.5 Å². The lowest BCUT2D eigenvalue weighted by Gasteiger charge is -2.33. The minimum Gasteiger partial charge on any atom is -0.466 e. The van der Waals surface area contributed by atoms with Crippen molar-refractivity contribution in [3.8, 4) is 0 Å². The van der Waals surface area contributed by atoms with Crippen molar-refractivity contribution in [2.24, 2.45) is 0 Å². The quantitative estimate of drug-likeness (QED) is 0.879. The summed E-state index contributed by atoms with van der Waals surface area (Å²) < 4.78 is 31.4. The second kappa shape index (κ2) is 6.14. The van der Waals surface area contributed by atoms with Gasteiger partial charge in [0, 0.05) is 31.6 Å². The van der Waals surface area contributed by atoms with Crippen LogP contribution < -0.4 is 4.90 Å². The number of hydrogen-bond donors (Lipinski definition) is 1. The lowest BCUT2D eigenvalue weighted by molar-refractivity contribution is -0.142. The number of piperidine rings is 1. The zero-order chi connectivity index (χ0) is 16.4. The number of benzene rings is 1. The van der Waals surface area contributed by atoms with Gasteiger partial charge >= 0.3 is 5.97 Å². The van der Waals surface area contributed by atoms with Gasteiger partial charge in [0.25, 0.3) is 5.92 Å². The molecule has 0 aliphatic carbocycles. The van der Waals surface area contributed by atoms with Crippen molar-refractivity contribution in [3.05, 3.63) is 24.0 Å². The van der Waals surface area contributed by atoms with E-state index < -0.39 is 5.92 Å². The van der Waals surface area contributed by atoms with E-state index in [1.54, 1.807) is 6.92 Å². The van der Waals surface area contributed by atoms with Crippen molar-refractivity contribution in [2.45, 2.75) is 32.1 Å². The standard InChI is InChI=1S/C16H19F2N3O2/c1-2-23-15(22)10-14-19-12-4-3-11(9-13(12)20-14)21-7-5-16(17,18)6-8-21/h3-4,9H,2,5-8,10H2,1H3,(H,19,20). The molecule has 1 aromatic heterocycles. The molecule has 0 radical (unpaired) electrons. The molecule has 2 aromatic rings. The monoisotopic (exact) mass is 323 g/mol. The first-order chi connectivity index (χ1) is 11.0. The summed E-state index contributed by atoms with van der Waals surface area (Å²) in [7, 11) is 0. The van der Waals surface area contributed by atoms with Crippen molar-refractivity contribution in [3.63, 3.8) is 0 Å². The Morgan fingerprint density at radius 3 is 2.83 bits per heavy atom. The molecule has 0 atom stereocenters. The van der Waals surface area contributed by atoms with Crippen LogP contribution in [0.3, 0.4) is 0 Å². The number of H-pyrrole nitrogens is 1. The van der Waals surface area contributed by atoms with Gasteiger partial charge in [0.2, 0.25) is 0 Å². The largest absolute Gasteiger partial charge is 0.466 e. The molecular weight excluding hydrogens is 304 g/mol. The number of carbonyl (C=O) groups excluding carboxylic acids is 1. The molecule has 1 fully saturated rings. The Morgan fingerprint density at radius 2 is 2.13 bits per heavy atom. The predicted molar refractivity (Wildman–Crippen MR) is 82.8 cm³/mol. The molecule has 1 aromatic carbocycles. The van der Waals surface area contributed by atoms with Crippen LogP contribution in [0.5, 0.6) is 0 Å². The maximum atomic E-state index is 13.2. The summed E-state index contributed by atoms with van der Waals surface area (Å²) in [6.07, 6.45) is -0.155. The third-order valence-corrected chi connectivity index (χ3v) is 3.99. The van der Waals surface area contributed by atoms with Crippen molar-refractivity contribution < 1.29 is 18.3 Å². The SMILES string of the molecule is CCOC(=O)Cc1nc2ccc(N3CCC(F)(F)CC3)cc2[nH]1. The predicted octanol–water partition coefficient (Wildman–Crippen LogP) is 2.90. The molecule has 3 rings (SSSR count). The van der Waals surface area contributed by atoms with Gasteiger partial charge in [0.15, 0.2) is 0 Å². The molecule has 5 nitrogen and oxygen atoms in total. The van der Waals surface area contributed by atoms with Crippen LogP contribution in [-0.4, -0.2) is 41.6 Å². The van der Waals surface area contributed by atoms with Gasteiger partial charge in [-0.25, -0.2) is 13.8 Å². The maximum absolute atomic E-state index is 13.2. The Hall–Kier alpha value is -2.18. The molecule has 1 aliphatic heterocycles. The summed E-state index contributed by atoms with van der Waals surface area (Å²) in [5, 5.41) is 0. The number of rotatable bonds is 4. The van der Waals surface area contributed by atoms with E-state index in [4.69, 9.17) is 4.74 Å². The van der Waals surface area contributed by atoms with E-state index in [9.17, 15) is 13.6 Å². The second-order valence-corrected chi connectivity index (χ2v) is 5.71. The average molecular weight is 323 g/mol. The molecule has 124 valence electrons. The summed E-state index contributed by atoms with van der Waals surface area (Å²) in [4.78, 5) is 20.9. The number of imidazole rings is 1. The third kappa shape index (κ3) is 3.60. The van der Waals surface area contributed by atoms with Crippen LogP contribution in [0.25, 0.3) is 11.0 Å². The van der Waals surface area contributed by atoms with Crippen molar-refractivity contribution in [1.29, 1.82) is 0 Å². The van der Waals surface area contributed by atoms with Crippen molar-refractivity contribution >= 4 is 22.7 Å². The fourth-order valence-electron chi connectivity index (χ4n) is 2.77. The van der Waals surface area contributed by atoms with Crippen molar-refractivity contribution in [2.75, 3.05) is 24.6 Å². The minimum absolute atomic E-state index is 0.0911. The maximum Gasteiger partial charge on any atom is 0.313 e. The number of nitrogens with one attached hydrogen (secondary N) is 1. The highest BCUT2D eigenvalue weighted by molar-refractivity contribution is 5.81. The van der Waals surface area contributed by atoms with E-state index in [-0.39, 0.29) is 25.2 Å². The molecule has 0 spiro atoms. The number of carbonyl (C=O) groups is 1. The van der Waals surface area contributed by atoms with E-state index >= 15 is 0 Å². The molecule has 0 amide bonds. The Kier molecular flexibility index (Phi) is 4.19. The van der Waals surface area contributed by atoms with Crippen LogP contribution >= 0.6 is 0 Å². The lowest BCUT2D eigenvalue weighted by Crippen LogP contribution is -2.39. The summed E-state index contributed by atoms with van der Waals surface area (Å²) >= 11 is 0. The van der Waals surface area contributed by atoms with Crippen LogP contribution in [0.4, 0.5) is 14.5 Å². The highest BCUT2D eigenvalue weighted by Crippen LogP contribution is 2.31. The summed E-state index contributed by atoms with van der Waals surface area (Å²) in [5.41, 5.74) is 2.42. The normalized spacial score (nSPS) is 17.4. The molecule has 2 heterocycles. The van der Waals surface area contributed by atoms with Crippen LogP contribution in [0, 0.1) is 0 Å². The highest BCUT2D eigenvalue weighted by atomic mass is 19.3. The summed E-state index contributed by atoms with van der Waals surface area (Å²) in [6, 6.07) is 5.60. The number of anilines is 1. The second-order valence-electron chi connectivity index (χ2n) is 5.71. The molecular formula is C16H19F2N3O2. The Bertz CT molecular complexity index is 704. The lowest BCUT2D eigenvalue weighted by atomic mass is 10.1. The van der Waals surface area contributed by atoms with Crippen LogP contribution in [0.2, 0.25) is 0 Å². The molecule has 1 N–H and O–H groups in total. The van der Waals surface area contributed by atoms with Crippen LogP contribution in [-0.2, 0) is 16.0 Å². The molecule has 0 saturated carbocycles. The van der Waals surface area contributed by atoms with Crippen LogP contribution in [0.15, 0.2) is 18.2 Å². The van der Waals surface area contributed by atoms with Gasteiger partial charge in [-0.05, 0) is 25.1 Å². The molecule has 0 unspecified atom stereocenters. The number of fused-ring (bicyclic) bond motifs is 1. The molecule has 0 bridgehead atoms. The Balaban J connectivity index is 1.75. The molecule has 1 aliphatic rings. The fourth-order valence-corrected chi connectivity index (χ4v) is 2.77. The number of halogens is 2. The van der Waals surface area contributed by atoms with Gasteiger partial charge in [0.1, 0.15) is 12.2 Å². The highest BCUT2D eigenvalue weighted by Gasteiger charge is 2.34. The summed E-state index contributed by atoms with van der Waals surface area (Å²) in [6.45, 7) is 2.76. The molecule has 1 saturated heterocycles. The first-order valence-corrected chi connectivity index (χ1v) is 7.74. The molecule has 23 heavy (non-hydrogen) atoms. The first kappa shape index (κ1) is 15.7. The number of ether oxygens (including phenoxy) is 1. The van der Waals surface area contributed by atoms with Crippen molar-refractivity contribution in [1.82, 2.24) is 9.97 Å². The number of aromatic amines is 1. The number of alkyl halides is 2. The first-order valence-electron chi connectivity index (χ1n) is 7.74. The number of hydrogen-bond acceptors (Lipinski definition) is 4. The van der Waals surface area contributed by atoms with E-state index in [1.807, 2.05) is 23.1 Å². The molecule has 7 heteroatoms. The number of esters is 1. The van der Waals surface area contributed by atoms with Gasteiger partial charge < -0.3 is 14.6 Å². The third-order valence-electron chi connectivity index (χ3n) is 3.99. The smallest absolute Gasteiger partial charge is 0.313 e. The minimum atomic E-state index is -2.55. The van der Waals surface area contributed by atoms with E-state index in [2.05, 4.69) is 9.97 Å². The topological polar surface area (TPSA) is 58.2 Å². The summed E-state index contributed by atoms with van der Waals surface area (Å²) in [5.74, 6) is -2.34. The number of aromatic nitrogens is 2. The zero-order valence-electron chi connectivity index (χ0n) is 12.9. The number of nitrogens with zero attached hydrogens (tertiary/aromatic N) is 2. The zero-order valence-corrected chi connectivity index (χ0v) is 12.9. The fraction of sp³-hybridized carbons (Fsp3) is 0.500.